The molecule has 0 saturated heterocycles. The Bertz CT molecular complexity index is 351. The van der Waals surface area contributed by atoms with Crippen LogP contribution in [0.4, 0.5) is 0 Å². The third-order valence-corrected chi connectivity index (χ3v) is 2.67. The zero-order valence-corrected chi connectivity index (χ0v) is 12.7. The number of hydrogen-bond donors (Lipinski definition) is 1. The van der Waals surface area contributed by atoms with Crippen molar-refractivity contribution in [3.63, 3.8) is 0 Å². The summed E-state index contributed by atoms with van der Waals surface area (Å²) in [4.78, 5) is 0. The van der Waals surface area contributed by atoms with Gasteiger partial charge in [-0.25, -0.2) is 0 Å². The van der Waals surface area contributed by atoms with Crippen molar-refractivity contribution >= 4 is 0 Å². The third kappa shape index (κ3) is 4.41. The van der Waals surface area contributed by atoms with E-state index >= 15 is 0 Å². The molecule has 17 heavy (non-hydrogen) atoms. The smallest absolute Gasteiger partial charge is 0.119 e. The van der Waals surface area contributed by atoms with Gasteiger partial charge in [-0.15, -0.1) is 0 Å². The first-order valence-corrected chi connectivity index (χ1v) is 6.46. The van der Waals surface area contributed by atoms with Crippen molar-refractivity contribution in [2.45, 2.75) is 66.2 Å². The largest absolute Gasteiger partial charge is 0.508 e. The Labute approximate surface area is 107 Å². The van der Waals surface area contributed by atoms with Crippen LogP contribution in [0.5, 0.6) is 5.75 Å². The molecule has 0 heterocycles. The summed E-state index contributed by atoms with van der Waals surface area (Å²) in [5.74, 6) is 0.399. The van der Waals surface area contributed by atoms with E-state index in [1.54, 1.807) is 6.07 Å². The van der Waals surface area contributed by atoms with E-state index in [0.29, 0.717) is 5.75 Å². The van der Waals surface area contributed by atoms with Crippen molar-refractivity contribution in [3.05, 3.63) is 29.3 Å². The van der Waals surface area contributed by atoms with Crippen LogP contribution in [0.2, 0.25) is 0 Å². The summed E-state index contributed by atoms with van der Waals surface area (Å²) < 4.78 is 0. The number of aromatic hydroxyl groups is 1. The molecule has 0 saturated carbocycles. The van der Waals surface area contributed by atoms with E-state index in [0.717, 1.165) is 5.56 Å². The molecule has 1 heteroatoms. The minimum Gasteiger partial charge on any atom is -0.508 e. The summed E-state index contributed by atoms with van der Waals surface area (Å²) in [5, 5.41) is 9.84. The molecule has 0 atom stereocenters. The normalized spacial score (nSPS) is 11.8. The fraction of sp³-hybridized carbons (Fsp3) is 0.625. The molecule has 0 unspecified atom stereocenters. The van der Waals surface area contributed by atoms with Crippen LogP contribution < -0.4 is 0 Å². The molecule has 0 radical (unpaired) electrons. The lowest BCUT2D eigenvalue weighted by atomic mass is 9.80. The molecule has 0 bridgehead atoms. The fourth-order valence-corrected chi connectivity index (χ4v) is 1.60. The predicted octanol–water partition coefficient (Wildman–Crippen LogP) is 5.01. The van der Waals surface area contributed by atoms with Gasteiger partial charge < -0.3 is 5.11 Å². The monoisotopic (exact) mass is 236 g/mol. The topological polar surface area (TPSA) is 20.2 Å². The molecule has 0 fully saturated rings. The van der Waals surface area contributed by atoms with Crippen LogP contribution in [0.1, 0.15) is 66.5 Å². The molecule has 1 aromatic rings. The van der Waals surface area contributed by atoms with Gasteiger partial charge in [-0.2, -0.15) is 0 Å². The van der Waals surface area contributed by atoms with E-state index in [2.05, 4.69) is 47.6 Å². The summed E-state index contributed by atoms with van der Waals surface area (Å²) in [5.41, 5.74) is 2.42. The lowest BCUT2D eigenvalue weighted by Crippen LogP contribution is -2.16. The molecule has 1 nitrogen and oxygen atoms in total. The minimum atomic E-state index is -0.00859. The highest BCUT2D eigenvalue weighted by Gasteiger charge is 2.21. The predicted molar refractivity (Wildman–Crippen MR) is 76.9 cm³/mol. The molecule has 0 aromatic heterocycles. The second-order valence-corrected chi connectivity index (χ2v) is 6.23. The van der Waals surface area contributed by atoms with Crippen molar-refractivity contribution < 1.29 is 5.11 Å². The minimum absolute atomic E-state index is 0.00859. The van der Waals surface area contributed by atoms with E-state index < -0.39 is 0 Å². The molecular weight excluding hydrogens is 208 g/mol. The Morgan fingerprint density at radius 3 is 1.65 bits per heavy atom. The van der Waals surface area contributed by atoms with Crippen LogP contribution in [0.25, 0.3) is 0 Å². The average molecular weight is 236 g/mol. The van der Waals surface area contributed by atoms with Crippen molar-refractivity contribution in [1.29, 1.82) is 0 Å². The van der Waals surface area contributed by atoms with Gasteiger partial charge in [-0.05, 0) is 28.0 Å². The van der Waals surface area contributed by atoms with Crippen molar-refractivity contribution in [2.75, 3.05) is 0 Å². The number of hydrogen-bond acceptors (Lipinski definition) is 1. The highest BCUT2D eigenvalue weighted by Crippen LogP contribution is 2.34. The zero-order valence-electron chi connectivity index (χ0n) is 12.7. The van der Waals surface area contributed by atoms with Crippen LogP contribution in [0, 0.1) is 0 Å². The van der Waals surface area contributed by atoms with Gasteiger partial charge in [0.2, 0.25) is 0 Å². The lowest BCUT2D eigenvalue weighted by Gasteiger charge is -2.25. The summed E-state index contributed by atoms with van der Waals surface area (Å²) in [6.45, 7) is 16.9. The summed E-state index contributed by atoms with van der Waals surface area (Å²) in [6, 6.07) is 5.93. The third-order valence-electron chi connectivity index (χ3n) is 2.67. The van der Waals surface area contributed by atoms with Crippen LogP contribution in [0.15, 0.2) is 18.2 Å². The summed E-state index contributed by atoms with van der Waals surface area (Å²) in [7, 11) is 0. The van der Waals surface area contributed by atoms with Gasteiger partial charge in [0.1, 0.15) is 5.75 Å². The second kappa shape index (κ2) is 5.57. The molecule has 0 amide bonds. The first-order chi connectivity index (χ1) is 7.62. The molecule has 98 valence electrons. The van der Waals surface area contributed by atoms with E-state index in [9.17, 15) is 5.11 Å². The van der Waals surface area contributed by atoms with Crippen molar-refractivity contribution in [1.82, 2.24) is 0 Å². The van der Waals surface area contributed by atoms with Gasteiger partial charge in [0, 0.05) is 0 Å². The van der Waals surface area contributed by atoms with Gasteiger partial charge in [0.05, 0.1) is 0 Å². The molecule has 1 rings (SSSR count). The fourth-order valence-electron chi connectivity index (χ4n) is 1.60. The molecule has 0 spiro atoms. The zero-order chi connectivity index (χ0) is 13.9. The second-order valence-electron chi connectivity index (χ2n) is 6.23. The van der Waals surface area contributed by atoms with Gasteiger partial charge in [-0.3, -0.25) is 0 Å². The van der Waals surface area contributed by atoms with Crippen molar-refractivity contribution in [3.8, 4) is 5.75 Å². The summed E-state index contributed by atoms with van der Waals surface area (Å²) in [6.07, 6.45) is 0. The van der Waals surface area contributed by atoms with Crippen LogP contribution in [-0.2, 0) is 10.8 Å². The Morgan fingerprint density at radius 2 is 1.29 bits per heavy atom. The first kappa shape index (κ1) is 16.0. The van der Waals surface area contributed by atoms with Gasteiger partial charge >= 0.3 is 0 Å². The first-order valence-electron chi connectivity index (χ1n) is 6.46. The maximum absolute atomic E-state index is 9.84. The van der Waals surface area contributed by atoms with Crippen LogP contribution >= 0.6 is 0 Å². The molecule has 1 N–H and O–H groups in total. The maximum Gasteiger partial charge on any atom is 0.119 e. The molecule has 0 aliphatic rings. The molecule has 1 aromatic carbocycles. The Hall–Kier alpha value is -0.980. The lowest BCUT2D eigenvalue weighted by molar-refractivity contribution is 0.444. The highest BCUT2D eigenvalue weighted by atomic mass is 16.3. The number of benzene rings is 1. The van der Waals surface area contributed by atoms with Crippen LogP contribution in [-0.4, -0.2) is 5.11 Å². The number of phenols is 1. The van der Waals surface area contributed by atoms with Crippen LogP contribution in [0.3, 0.4) is 0 Å². The Kier molecular flexibility index (Phi) is 5.25. The summed E-state index contributed by atoms with van der Waals surface area (Å²) >= 11 is 0. The number of phenolic OH excluding ortho intramolecular Hbond substituents is 1. The number of rotatable bonds is 0. The van der Waals surface area contributed by atoms with Gasteiger partial charge in [0.25, 0.3) is 0 Å². The Morgan fingerprint density at radius 1 is 0.824 bits per heavy atom. The van der Waals surface area contributed by atoms with E-state index in [1.807, 2.05) is 19.9 Å². The molecule has 0 aliphatic heterocycles. The highest BCUT2D eigenvalue weighted by molar-refractivity contribution is 5.42. The quantitative estimate of drug-likeness (QED) is 0.671. The SMILES string of the molecule is CC.CC(C)(C)c1ccc(O)c(C(C)(C)C)c1. The van der Waals surface area contributed by atoms with Gasteiger partial charge in [-0.1, -0.05) is 67.5 Å². The van der Waals surface area contributed by atoms with E-state index in [-0.39, 0.29) is 10.8 Å². The van der Waals surface area contributed by atoms with E-state index in [1.165, 1.54) is 5.56 Å². The van der Waals surface area contributed by atoms with Crippen molar-refractivity contribution in [2.24, 2.45) is 0 Å². The maximum atomic E-state index is 9.84. The Balaban J connectivity index is 0.00000121. The van der Waals surface area contributed by atoms with E-state index in [4.69, 9.17) is 0 Å². The standard InChI is InChI=1S/C14H22O.C2H6/c1-13(2,3)10-7-8-12(15)11(9-10)14(4,5)6;1-2/h7-9,15H,1-6H3;1-2H3. The van der Waals surface area contributed by atoms with Gasteiger partial charge in [0.15, 0.2) is 0 Å². The molecule has 0 aliphatic carbocycles. The molecular formula is C16H28O. The average Bonchev–Trinajstić information content (AvgIpc) is 2.17.